The van der Waals surface area contributed by atoms with Crippen molar-refractivity contribution in [2.24, 2.45) is 0 Å². The van der Waals surface area contributed by atoms with E-state index in [1.807, 2.05) is 6.92 Å². The Bertz CT molecular complexity index is 1060. The number of hydrogen-bond acceptors (Lipinski definition) is 7. The molecule has 28 heavy (non-hydrogen) atoms. The first kappa shape index (κ1) is 20.0. The maximum Gasteiger partial charge on any atom is 0.341 e. The molecule has 0 saturated carbocycles. The molecular weight excluding hydrogens is 404 g/mol. The zero-order chi connectivity index (χ0) is 20.5. The fourth-order valence-electron chi connectivity index (χ4n) is 2.75. The van der Waals surface area contributed by atoms with Gasteiger partial charge in [0.25, 0.3) is 15.9 Å². The number of rotatable bonds is 6. The van der Waals surface area contributed by atoms with Crippen LogP contribution in [0.25, 0.3) is 0 Å². The Kier molecular flexibility index (Phi) is 5.52. The molecule has 2 amide bonds. The Morgan fingerprint density at radius 1 is 1.21 bits per heavy atom. The van der Waals surface area contributed by atoms with Crippen LogP contribution in [-0.2, 0) is 26.0 Å². The highest BCUT2D eigenvalue weighted by molar-refractivity contribution is 7.90. The van der Waals surface area contributed by atoms with E-state index in [2.05, 4.69) is 5.32 Å². The van der Waals surface area contributed by atoms with Gasteiger partial charge in [0.1, 0.15) is 16.4 Å². The van der Waals surface area contributed by atoms with Gasteiger partial charge in [0, 0.05) is 4.88 Å². The van der Waals surface area contributed by atoms with Gasteiger partial charge in [-0.25, -0.2) is 17.5 Å². The van der Waals surface area contributed by atoms with Gasteiger partial charge in [0.05, 0.1) is 17.7 Å². The molecule has 1 aromatic heterocycles. The van der Waals surface area contributed by atoms with Gasteiger partial charge in [-0.05, 0) is 31.5 Å². The lowest BCUT2D eigenvalue weighted by Gasteiger charge is -2.14. The second-order valence-corrected chi connectivity index (χ2v) is 8.86. The number of anilines is 1. The van der Waals surface area contributed by atoms with Gasteiger partial charge in [-0.3, -0.25) is 9.59 Å². The fraction of sp³-hybridized carbons (Fsp3) is 0.278. The first-order valence-corrected chi connectivity index (χ1v) is 10.8. The van der Waals surface area contributed by atoms with Crippen LogP contribution in [0.15, 0.2) is 35.2 Å². The highest BCUT2D eigenvalue weighted by atomic mass is 32.2. The first-order chi connectivity index (χ1) is 13.3. The monoisotopic (exact) mass is 422 g/mol. The summed E-state index contributed by atoms with van der Waals surface area (Å²) in [6.07, 6.45) is 0.654. The third-order valence-electron chi connectivity index (χ3n) is 4.08. The topological polar surface area (TPSA) is 110 Å². The van der Waals surface area contributed by atoms with Crippen molar-refractivity contribution < 1.29 is 27.5 Å². The predicted molar refractivity (Wildman–Crippen MR) is 103 cm³/mol. The van der Waals surface area contributed by atoms with Gasteiger partial charge >= 0.3 is 5.97 Å². The minimum Gasteiger partial charge on any atom is -0.462 e. The number of hydrogen-bond donors (Lipinski definition) is 1. The predicted octanol–water partition coefficient (Wildman–Crippen LogP) is 2.27. The first-order valence-electron chi connectivity index (χ1n) is 8.55. The number of carbonyl (C=O) groups is 3. The molecule has 0 bridgehead atoms. The van der Waals surface area contributed by atoms with Gasteiger partial charge < -0.3 is 10.1 Å². The average Bonchev–Trinajstić information content (AvgIpc) is 3.15. The number of esters is 1. The number of fused-ring (bicyclic) bond motifs is 1. The van der Waals surface area contributed by atoms with Crippen molar-refractivity contribution in [3.8, 4) is 0 Å². The summed E-state index contributed by atoms with van der Waals surface area (Å²) in [5.41, 5.74) is 0.239. The van der Waals surface area contributed by atoms with Gasteiger partial charge in [0.15, 0.2) is 0 Å². The van der Waals surface area contributed by atoms with Crippen LogP contribution in [0.1, 0.15) is 39.4 Å². The molecule has 1 aliphatic rings. The molecule has 0 radical (unpaired) electrons. The van der Waals surface area contributed by atoms with E-state index in [1.54, 1.807) is 19.1 Å². The lowest BCUT2D eigenvalue weighted by atomic mass is 10.2. The molecule has 1 aliphatic heterocycles. The second-order valence-electron chi connectivity index (χ2n) is 5.89. The number of amides is 2. The van der Waals surface area contributed by atoms with Crippen LogP contribution in [0.2, 0.25) is 0 Å². The summed E-state index contributed by atoms with van der Waals surface area (Å²) < 4.78 is 30.6. The molecular formula is C18H18N2O6S2. The van der Waals surface area contributed by atoms with Crippen LogP contribution in [0.4, 0.5) is 5.00 Å². The molecule has 3 rings (SSSR count). The number of ether oxygens (including phenoxy) is 1. The van der Waals surface area contributed by atoms with Crippen LogP contribution in [0.5, 0.6) is 0 Å². The highest BCUT2D eigenvalue weighted by Gasteiger charge is 2.41. The molecule has 10 heteroatoms. The van der Waals surface area contributed by atoms with Crippen LogP contribution in [0.3, 0.4) is 0 Å². The second kappa shape index (κ2) is 7.72. The normalized spacial score (nSPS) is 14.6. The maximum atomic E-state index is 12.5. The Morgan fingerprint density at radius 2 is 1.93 bits per heavy atom. The lowest BCUT2D eigenvalue weighted by Crippen LogP contribution is -2.37. The van der Waals surface area contributed by atoms with E-state index in [0.717, 1.165) is 4.88 Å². The summed E-state index contributed by atoms with van der Waals surface area (Å²) in [6, 6.07) is 7.42. The van der Waals surface area contributed by atoms with E-state index < -0.39 is 34.4 Å². The fourth-order valence-corrected chi connectivity index (χ4v) is 5.28. The van der Waals surface area contributed by atoms with Crippen molar-refractivity contribution in [2.45, 2.75) is 25.2 Å². The summed E-state index contributed by atoms with van der Waals surface area (Å²) in [5.74, 6) is -2.05. The van der Waals surface area contributed by atoms with E-state index in [0.29, 0.717) is 10.7 Å². The van der Waals surface area contributed by atoms with Gasteiger partial charge in [-0.2, -0.15) is 0 Å². The Morgan fingerprint density at radius 3 is 2.57 bits per heavy atom. The van der Waals surface area contributed by atoms with Gasteiger partial charge in [-0.1, -0.05) is 19.1 Å². The van der Waals surface area contributed by atoms with Crippen LogP contribution in [0, 0.1) is 0 Å². The number of thiophene rings is 1. The van der Waals surface area contributed by atoms with Gasteiger partial charge in [0.2, 0.25) is 5.91 Å². The summed E-state index contributed by atoms with van der Waals surface area (Å²) in [6.45, 7) is 3.07. The molecule has 1 N–H and O–H groups in total. The van der Waals surface area contributed by atoms with E-state index in [4.69, 9.17) is 4.74 Å². The van der Waals surface area contributed by atoms with E-state index >= 15 is 0 Å². The van der Waals surface area contributed by atoms with E-state index in [-0.39, 0.29) is 27.6 Å². The summed E-state index contributed by atoms with van der Waals surface area (Å²) >= 11 is 1.20. The summed E-state index contributed by atoms with van der Waals surface area (Å²) in [4.78, 5) is 37.7. The van der Waals surface area contributed by atoms with Crippen molar-refractivity contribution >= 4 is 44.1 Å². The minimum absolute atomic E-state index is 0.0342. The lowest BCUT2D eigenvalue weighted by molar-refractivity contribution is -0.116. The van der Waals surface area contributed by atoms with Crippen LogP contribution >= 0.6 is 11.3 Å². The maximum absolute atomic E-state index is 12.5. The van der Waals surface area contributed by atoms with E-state index in [1.165, 1.54) is 29.5 Å². The Labute approximate surface area is 166 Å². The molecule has 0 unspecified atom stereocenters. The molecule has 0 fully saturated rings. The molecule has 2 heterocycles. The third kappa shape index (κ3) is 3.52. The van der Waals surface area contributed by atoms with Gasteiger partial charge in [-0.15, -0.1) is 11.3 Å². The minimum atomic E-state index is -4.08. The van der Waals surface area contributed by atoms with Crippen molar-refractivity contribution in [1.82, 2.24) is 4.31 Å². The van der Waals surface area contributed by atoms with E-state index in [9.17, 15) is 22.8 Å². The molecule has 0 saturated heterocycles. The van der Waals surface area contributed by atoms with Crippen molar-refractivity contribution in [3.63, 3.8) is 0 Å². The van der Waals surface area contributed by atoms with Crippen LogP contribution in [-0.4, -0.2) is 43.7 Å². The molecule has 0 aliphatic carbocycles. The zero-order valence-electron chi connectivity index (χ0n) is 15.2. The summed E-state index contributed by atoms with van der Waals surface area (Å²) in [7, 11) is -4.08. The molecule has 0 atom stereocenters. The molecule has 1 aromatic carbocycles. The average molecular weight is 422 g/mol. The molecule has 148 valence electrons. The molecule has 8 nitrogen and oxygen atoms in total. The van der Waals surface area contributed by atoms with Crippen molar-refractivity contribution in [2.75, 3.05) is 18.5 Å². The Hall–Kier alpha value is -2.72. The number of carbonyl (C=O) groups excluding carboxylic acids is 3. The highest BCUT2D eigenvalue weighted by Crippen LogP contribution is 2.31. The number of aryl methyl sites for hydroxylation is 1. The number of benzene rings is 1. The molecule has 2 aromatic rings. The zero-order valence-corrected chi connectivity index (χ0v) is 16.9. The quantitative estimate of drug-likeness (QED) is 0.715. The van der Waals surface area contributed by atoms with Crippen molar-refractivity contribution in [1.29, 1.82) is 0 Å². The standard InChI is InChI=1S/C18H18N2O6S2/c1-3-11-9-13(18(23)26-4-2)16(27-11)19-15(21)10-20-17(22)12-7-5-6-8-14(12)28(20,24)25/h5-9H,3-4,10H2,1-2H3,(H,19,21). The number of nitrogens with one attached hydrogen (secondary N) is 1. The third-order valence-corrected chi connectivity index (χ3v) is 7.06. The largest absolute Gasteiger partial charge is 0.462 e. The van der Waals surface area contributed by atoms with Crippen molar-refractivity contribution in [3.05, 3.63) is 46.3 Å². The van der Waals surface area contributed by atoms with Crippen LogP contribution < -0.4 is 5.32 Å². The smallest absolute Gasteiger partial charge is 0.341 e. The molecule has 0 spiro atoms. The number of nitrogens with zero attached hydrogens (tertiary/aromatic N) is 1. The SMILES string of the molecule is CCOC(=O)c1cc(CC)sc1NC(=O)CN1C(=O)c2ccccc2S1(=O)=O. The number of sulfonamides is 1. The summed E-state index contributed by atoms with van der Waals surface area (Å²) in [5, 5.41) is 2.80. The Balaban J connectivity index is 1.81.